The van der Waals surface area contributed by atoms with E-state index in [1.807, 2.05) is 0 Å². The lowest BCUT2D eigenvalue weighted by molar-refractivity contribution is 0.298. The van der Waals surface area contributed by atoms with E-state index in [-0.39, 0.29) is 11.2 Å². The van der Waals surface area contributed by atoms with Crippen LogP contribution in [0.1, 0.15) is 44.7 Å². The number of nitrogens with zero attached hydrogens (tertiary/aromatic N) is 1. The second kappa shape index (κ2) is 3.68. The molecule has 0 aliphatic heterocycles. The van der Waals surface area contributed by atoms with Gasteiger partial charge < -0.3 is 10.1 Å². The van der Waals surface area contributed by atoms with Gasteiger partial charge >= 0.3 is 0 Å². The van der Waals surface area contributed by atoms with E-state index in [1.54, 1.807) is 0 Å². The van der Waals surface area contributed by atoms with Crippen molar-refractivity contribution in [2.45, 2.75) is 44.4 Å². The van der Waals surface area contributed by atoms with E-state index in [1.165, 1.54) is 12.7 Å². The number of aromatic hydroxyl groups is 1. The van der Waals surface area contributed by atoms with Gasteiger partial charge in [-0.2, -0.15) is 0 Å². The molecule has 0 radical (unpaired) electrons. The minimum absolute atomic E-state index is 0.128. The molecule has 15 heavy (non-hydrogen) atoms. The maximum atomic E-state index is 11.3. The summed E-state index contributed by atoms with van der Waals surface area (Å²) in [5.41, 5.74) is -0.00546. The van der Waals surface area contributed by atoms with E-state index in [0.29, 0.717) is 5.69 Å². The fraction of sp³-hybridized carbons (Fsp3) is 0.636. The van der Waals surface area contributed by atoms with Crippen molar-refractivity contribution in [3.05, 3.63) is 22.4 Å². The Bertz CT molecular complexity index is 405. The molecule has 1 saturated carbocycles. The average Bonchev–Trinajstić information content (AvgIpc) is 2.23. The number of rotatable bonds is 1. The van der Waals surface area contributed by atoms with Gasteiger partial charge in [0.25, 0.3) is 5.56 Å². The van der Waals surface area contributed by atoms with Gasteiger partial charge in [-0.1, -0.05) is 26.2 Å². The van der Waals surface area contributed by atoms with Crippen LogP contribution in [-0.2, 0) is 5.41 Å². The van der Waals surface area contributed by atoms with Crippen molar-refractivity contribution in [2.75, 3.05) is 0 Å². The molecule has 1 aromatic heterocycles. The highest BCUT2D eigenvalue weighted by Gasteiger charge is 2.33. The van der Waals surface area contributed by atoms with Gasteiger partial charge in [0.05, 0.1) is 12.0 Å². The third-order valence-corrected chi connectivity index (χ3v) is 3.36. The molecule has 4 heteroatoms. The van der Waals surface area contributed by atoms with Gasteiger partial charge in [0.15, 0.2) is 0 Å². The summed E-state index contributed by atoms with van der Waals surface area (Å²) in [5.74, 6) is -0.207. The third kappa shape index (κ3) is 1.76. The Morgan fingerprint density at radius 1 is 1.40 bits per heavy atom. The molecule has 0 spiro atoms. The zero-order valence-electron chi connectivity index (χ0n) is 8.92. The number of nitrogens with one attached hydrogen (secondary N) is 1. The Morgan fingerprint density at radius 2 is 2.07 bits per heavy atom. The van der Waals surface area contributed by atoms with Crippen molar-refractivity contribution < 1.29 is 5.11 Å². The van der Waals surface area contributed by atoms with Crippen LogP contribution >= 0.6 is 0 Å². The van der Waals surface area contributed by atoms with Gasteiger partial charge in [0, 0.05) is 5.41 Å². The van der Waals surface area contributed by atoms with Gasteiger partial charge in [-0.25, -0.2) is 4.98 Å². The highest BCUT2D eigenvalue weighted by atomic mass is 16.3. The predicted octanol–water partition coefficient (Wildman–Crippen LogP) is 1.70. The van der Waals surface area contributed by atoms with Gasteiger partial charge in [-0.15, -0.1) is 0 Å². The van der Waals surface area contributed by atoms with Crippen LogP contribution in [0, 0.1) is 0 Å². The van der Waals surface area contributed by atoms with Gasteiger partial charge in [-0.3, -0.25) is 4.79 Å². The molecule has 0 unspecified atom stereocenters. The lowest BCUT2D eigenvalue weighted by Gasteiger charge is -2.32. The first kappa shape index (κ1) is 10.2. The molecule has 1 heterocycles. The van der Waals surface area contributed by atoms with Crippen molar-refractivity contribution in [1.82, 2.24) is 9.97 Å². The first-order chi connectivity index (χ1) is 7.13. The largest absolute Gasteiger partial charge is 0.502 e. The second-order valence-electron chi connectivity index (χ2n) is 4.55. The van der Waals surface area contributed by atoms with Gasteiger partial charge in [-0.05, 0) is 12.8 Å². The number of hydrogen-bond donors (Lipinski definition) is 2. The van der Waals surface area contributed by atoms with E-state index in [9.17, 15) is 9.90 Å². The quantitative estimate of drug-likeness (QED) is 0.738. The Hall–Kier alpha value is -1.32. The Kier molecular flexibility index (Phi) is 2.50. The molecule has 0 aromatic carbocycles. The van der Waals surface area contributed by atoms with Crippen molar-refractivity contribution in [3.8, 4) is 5.75 Å². The van der Waals surface area contributed by atoms with Crippen LogP contribution in [0.2, 0.25) is 0 Å². The van der Waals surface area contributed by atoms with E-state index >= 15 is 0 Å². The summed E-state index contributed by atoms with van der Waals surface area (Å²) in [7, 11) is 0. The summed E-state index contributed by atoms with van der Waals surface area (Å²) in [6.07, 6.45) is 6.89. The maximum absolute atomic E-state index is 11.3. The first-order valence-electron chi connectivity index (χ1n) is 5.41. The molecule has 2 N–H and O–H groups in total. The third-order valence-electron chi connectivity index (χ3n) is 3.36. The standard InChI is InChI=1S/C11H16N2O2/c1-11(5-3-2-4-6-11)9-8(14)10(15)13-7-12-9/h7,14H,2-6H2,1H3,(H,12,13,15). The SMILES string of the molecule is CC1(c2nc[nH]c(=O)c2O)CCCCC1. The maximum Gasteiger partial charge on any atom is 0.293 e. The molecule has 1 fully saturated rings. The normalized spacial score (nSPS) is 20.1. The minimum atomic E-state index is -0.438. The van der Waals surface area contributed by atoms with E-state index in [4.69, 9.17) is 0 Å². The molecule has 2 rings (SSSR count). The lowest BCUT2D eigenvalue weighted by atomic mass is 9.73. The molecule has 0 atom stereocenters. The molecular formula is C11H16N2O2. The summed E-state index contributed by atoms with van der Waals surface area (Å²) in [4.78, 5) is 17.8. The summed E-state index contributed by atoms with van der Waals surface area (Å²) in [5, 5.41) is 9.71. The molecule has 4 nitrogen and oxygen atoms in total. The van der Waals surface area contributed by atoms with Crippen LogP contribution in [0.5, 0.6) is 5.75 Å². The fourth-order valence-electron chi connectivity index (χ4n) is 2.40. The van der Waals surface area contributed by atoms with Crippen molar-refractivity contribution in [2.24, 2.45) is 0 Å². The van der Waals surface area contributed by atoms with Crippen molar-refractivity contribution in [3.63, 3.8) is 0 Å². The average molecular weight is 208 g/mol. The first-order valence-corrected chi connectivity index (χ1v) is 5.41. The van der Waals surface area contributed by atoms with Crippen LogP contribution < -0.4 is 5.56 Å². The Labute approximate surface area is 88.4 Å². The zero-order valence-corrected chi connectivity index (χ0v) is 8.92. The topological polar surface area (TPSA) is 66.0 Å². The van der Waals surface area contributed by atoms with Crippen LogP contribution in [0.4, 0.5) is 0 Å². The van der Waals surface area contributed by atoms with Gasteiger partial charge in [0.1, 0.15) is 0 Å². The Balaban J connectivity index is 2.43. The highest BCUT2D eigenvalue weighted by Crippen LogP contribution is 2.39. The molecule has 0 amide bonds. The number of hydrogen-bond acceptors (Lipinski definition) is 3. The number of aromatic nitrogens is 2. The number of aromatic amines is 1. The molecular weight excluding hydrogens is 192 g/mol. The summed E-state index contributed by atoms with van der Waals surface area (Å²) < 4.78 is 0. The molecule has 1 aliphatic carbocycles. The lowest BCUT2D eigenvalue weighted by Crippen LogP contribution is -2.28. The van der Waals surface area contributed by atoms with E-state index in [2.05, 4.69) is 16.9 Å². The molecule has 0 saturated heterocycles. The molecule has 1 aromatic rings. The van der Waals surface area contributed by atoms with Crippen LogP contribution in [0.3, 0.4) is 0 Å². The van der Waals surface area contributed by atoms with E-state index in [0.717, 1.165) is 25.7 Å². The van der Waals surface area contributed by atoms with Gasteiger partial charge in [0.2, 0.25) is 5.75 Å². The smallest absolute Gasteiger partial charge is 0.293 e. The van der Waals surface area contributed by atoms with Crippen LogP contribution in [-0.4, -0.2) is 15.1 Å². The minimum Gasteiger partial charge on any atom is -0.502 e. The molecule has 1 aliphatic rings. The van der Waals surface area contributed by atoms with Crippen molar-refractivity contribution >= 4 is 0 Å². The fourth-order valence-corrected chi connectivity index (χ4v) is 2.40. The second-order valence-corrected chi connectivity index (χ2v) is 4.55. The highest BCUT2D eigenvalue weighted by molar-refractivity contribution is 5.29. The summed E-state index contributed by atoms with van der Waals surface area (Å²) >= 11 is 0. The summed E-state index contributed by atoms with van der Waals surface area (Å²) in [6, 6.07) is 0. The van der Waals surface area contributed by atoms with Crippen molar-refractivity contribution in [1.29, 1.82) is 0 Å². The van der Waals surface area contributed by atoms with Crippen LogP contribution in [0.25, 0.3) is 0 Å². The molecule has 82 valence electrons. The molecule has 0 bridgehead atoms. The monoisotopic (exact) mass is 208 g/mol. The number of H-pyrrole nitrogens is 1. The van der Waals surface area contributed by atoms with Crippen LogP contribution in [0.15, 0.2) is 11.1 Å². The Morgan fingerprint density at radius 3 is 2.73 bits per heavy atom. The van der Waals surface area contributed by atoms with E-state index < -0.39 is 5.56 Å². The zero-order chi connectivity index (χ0) is 10.9. The summed E-state index contributed by atoms with van der Waals surface area (Å²) in [6.45, 7) is 2.08. The predicted molar refractivity (Wildman–Crippen MR) is 57.0 cm³/mol.